The molecule has 0 saturated heterocycles. The molecule has 0 atom stereocenters. The van der Waals surface area contributed by atoms with Gasteiger partial charge in [0.1, 0.15) is 0 Å². The van der Waals surface area contributed by atoms with E-state index < -0.39 is 17.5 Å². The highest BCUT2D eigenvalue weighted by Crippen LogP contribution is 2.18. The third-order valence-corrected chi connectivity index (χ3v) is 4.29. The van der Waals surface area contributed by atoms with Gasteiger partial charge < -0.3 is 20.7 Å². The van der Waals surface area contributed by atoms with Gasteiger partial charge in [-0.1, -0.05) is 18.7 Å². The maximum absolute atomic E-state index is 13.5. The topological polar surface area (TPSA) is 85.3 Å². The van der Waals surface area contributed by atoms with Crippen LogP contribution in [0.25, 0.3) is 5.70 Å². The van der Waals surface area contributed by atoms with E-state index in [2.05, 4.69) is 32.2 Å². The zero-order valence-electron chi connectivity index (χ0n) is 16.1. The normalized spacial score (nSPS) is 11.4. The number of nitrogens with one attached hydrogen (secondary N) is 3. The van der Waals surface area contributed by atoms with Gasteiger partial charge in [-0.2, -0.15) is 0 Å². The van der Waals surface area contributed by atoms with Crippen LogP contribution in [-0.2, 0) is 13.2 Å². The van der Waals surface area contributed by atoms with Crippen molar-refractivity contribution in [3.05, 3.63) is 89.3 Å². The molecule has 0 unspecified atom stereocenters. The Morgan fingerprint density at radius 3 is 2.53 bits per heavy atom. The number of aliphatic hydroxyl groups excluding tert-OH is 1. The molecule has 30 heavy (non-hydrogen) atoms. The zero-order valence-corrected chi connectivity index (χ0v) is 16.1. The van der Waals surface area contributed by atoms with Crippen LogP contribution >= 0.6 is 0 Å². The van der Waals surface area contributed by atoms with Gasteiger partial charge in [-0.05, 0) is 41.8 Å². The number of hydrogen-bond donors (Lipinski definition) is 4. The number of nitrogens with zero attached hydrogens (tertiary/aromatic N) is 2. The van der Waals surface area contributed by atoms with E-state index in [1.54, 1.807) is 18.3 Å². The van der Waals surface area contributed by atoms with Crippen molar-refractivity contribution in [1.82, 2.24) is 15.3 Å². The summed E-state index contributed by atoms with van der Waals surface area (Å²) in [6.45, 7) is 5.53. The Morgan fingerprint density at radius 2 is 1.90 bits per heavy atom. The highest BCUT2D eigenvalue weighted by Gasteiger charge is 2.12. The first-order valence-corrected chi connectivity index (χ1v) is 8.97. The minimum absolute atomic E-state index is 0.127. The van der Waals surface area contributed by atoms with Crippen molar-refractivity contribution in [3.63, 3.8) is 0 Å². The van der Waals surface area contributed by atoms with Crippen LogP contribution in [0.15, 0.2) is 54.4 Å². The molecule has 0 bridgehead atoms. The van der Waals surface area contributed by atoms with Crippen molar-refractivity contribution < 1.29 is 18.3 Å². The minimum atomic E-state index is -1.52. The standard InChI is InChI=1S/C21H20F3N5O/c1-12-3-4-14(10-30)7-18(12)29-21(28-13(2)19-9-25-11-27-19)26-8-15-5-16(22)20(24)17(23)6-15/h3-7,9,11,30H,2,8,10H2,1H3,(H,25,27)(H2,26,28,29). The molecule has 0 spiro atoms. The highest BCUT2D eigenvalue weighted by molar-refractivity contribution is 5.99. The van der Waals surface area contributed by atoms with Gasteiger partial charge in [-0.15, -0.1) is 0 Å². The lowest BCUT2D eigenvalue weighted by Crippen LogP contribution is -2.30. The number of anilines is 1. The Morgan fingerprint density at radius 1 is 1.17 bits per heavy atom. The average molecular weight is 415 g/mol. The first-order valence-electron chi connectivity index (χ1n) is 8.97. The van der Waals surface area contributed by atoms with Crippen molar-refractivity contribution in [2.45, 2.75) is 20.1 Å². The number of rotatable bonds is 6. The second kappa shape index (κ2) is 9.27. The Balaban J connectivity index is 1.88. The quantitative estimate of drug-likeness (QED) is 0.280. The summed E-state index contributed by atoms with van der Waals surface area (Å²) in [6.07, 6.45) is 3.06. The zero-order chi connectivity index (χ0) is 21.7. The van der Waals surface area contributed by atoms with Gasteiger partial charge in [0, 0.05) is 5.69 Å². The van der Waals surface area contributed by atoms with E-state index in [-0.39, 0.29) is 24.7 Å². The van der Waals surface area contributed by atoms with E-state index in [9.17, 15) is 18.3 Å². The smallest absolute Gasteiger partial charge is 0.200 e. The van der Waals surface area contributed by atoms with Crippen molar-refractivity contribution in [2.24, 2.45) is 4.99 Å². The highest BCUT2D eigenvalue weighted by atomic mass is 19.2. The van der Waals surface area contributed by atoms with Crippen molar-refractivity contribution >= 4 is 17.3 Å². The lowest BCUT2D eigenvalue weighted by atomic mass is 10.1. The van der Waals surface area contributed by atoms with E-state index in [1.165, 1.54) is 6.33 Å². The molecule has 0 aliphatic heterocycles. The number of aliphatic hydroxyl groups is 1. The SMILES string of the molecule is C=C(NC(=NCc1cc(F)c(F)c(F)c1)Nc1cc(CO)ccc1C)c1cnc[nH]1. The number of aliphatic imine (C=N–C) groups is 1. The molecule has 0 aliphatic carbocycles. The summed E-state index contributed by atoms with van der Waals surface area (Å²) >= 11 is 0. The van der Waals surface area contributed by atoms with Crippen LogP contribution in [-0.4, -0.2) is 21.0 Å². The van der Waals surface area contributed by atoms with Crippen LogP contribution in [0, 0.1) is 24.4 Å². The summed E-state index contributed by atoms with van der Waals surface area (Å²) in [5.41, 5.74) is 3.46. The van der Waals surface area contributed by atoms with Crippen LogP contribution in [0.4, 0.5) is 18.9 Å². The first-order chi connectivity index (χ1) is 14.4. The van der Waals surface area contributed by atoms with Gasteiger partial charge in [-0.25, -0.2) is 23.1 Å². The molecular formula is C21H20F3N5O. The number of aryl methyl sites for hydroxylation is 1. The number of halogens is 3. The predicted octanol–water partition coefficient (Wildman–Crippen LogP) is 3.86. The summed E-state index contributed by atoms with van der Waals surface area (Å²) in [5.74, 6) is -3.85. The molecule has 0 radical (unpaired) electrons. The number of imidazole rings is 1. The van der Waals surface area contributed by atoms with E-state index >= 15 is 0 Å². The van der Waals surface area contributed by atoms with Crippen LogP contribution < -0.4 is 10.6 Å². The Labute approximate surface area is 171 Å². The molecule has 3 aromatic rings. The van der Waals surface area contributed by atoms with Crippen molar-refractivity contribution in [2.75, 3.05) is 5.32 Å². The molecule has 4 N–H and O–H groups in total. The van der Waals surface area contributed by atoms with Crippen LogP contribution in [0.3, 0.4) is 0 Å². The molecular weight excluding hydrogens is 395 g/mol. The number of aromatic amines is 1. The number of H-pyrrole nitrogens is 1. The van der Waals surface area contributed by atoms with Crippen LogP contribution in [0.1, 0.15) is 22.4 Å². The lowest BCUT2D eigenvalue weighted by Gasteiger charge is -2.16. The van der Waals surface area contributed by atoms with Crippen LogP contribution in [0.2, 0.25) is 0 Å². The van der Waals surface area contributed by atoms with Gasteiger partial charge in [-0.3, -0.25) is 0 Å². The molecule has 1 aromatic heterocycles. The molecule has 6 nitrogen and oxygen atoms in total. The molecule has 2 aromatic carbocycles. The molecule has 3 rings (SSSR count). The third-order valence-electron chi connectivity index (χ3n) is 4.29. The fourth-order valence-electron chi connectivity index (χ4n) is 2.64. The molecule has 0 saturated carbocycles. The molecule has 0 aliphatic rings. The molecule has 0 amide bonds. The van der Waals surface area contributed by atoms with Gasteiger partial charge in [0.25, 0.3) is 0 Å². The van der Waals surface area contributed by atoms with Gasteiger partial charge in [0.05, 0.1) is 37.1 Å². The maximum Gasteiger partial charge on any atom is 0.200 e. The summed E-state index contributed by atoms with van der Waals surface area (Å²) in [5, 5.41) is 15.5. The van der Waals surface area contributed by atoms with Gasteiger partial charge in [0.15, 0.2) is 17.5 Å². The summed E-state index contributed by atoms with van der Waals surface area (Å²) in [7, 11) is 0. The summed E-state index contributed by atoms with van der Waals surface area (Å²) in [6, 6.07) is 7.16. The number of hydrogen-bond acceptors (Lipinski definition) is 3. The van der Waals surface area contributed by atoms with E-state index in [1.807, 2.05) is 13.0 Å². The lowest BCUT2D eigenvalue weighted by molar-refractivity contribution is 0.282. The number of aromatic nitrogens is 2. The Hall–Kier alpha value is -3.59. The predicted molar refractivity (Wildman–Crippen MR) is 109 cm³/mol. The van der Waals surface area contributed by atoms with E-state index in [0.717, 1.165) is 17.7 Å². The largest absolute Gasteiger partial charge is 0.392 e. The van der Waals surface area contributed by atoms with Gasteiger partial charge in [0.2, 0.25) is 5.96 Å². The average Bonchev–Trinajstić information content (AvgIpc) is 3.26. The molecule has 0 fully saturated rings. The number of benzene rings is 2. The second-order valence-electron chi connectivity index (χ2n) is 6.54. The minimum Gasteiger partial charge on any atom is -0.392 e. The molecule has 1 heterocycles. The fourth-order valence-corrected chi connectivity index (χ4v) is 2.64. The monoisotopic (exact) mass is 415 g/mol. The third kappa shape index (κ3) is 5.06. The van der Waals surface area contributed by atoms with Crippen molar-refractivity contribution in [1.29, 1.82) is 0 Å². The maximum atomic E-state index is 13.5. The Bertz CT molecular complexity index is 1060. The first kappa shape index (κ1) is 21.1. The molecule has 156 valence electrons. The molecule has 9 heteroatoms. The fraction of sp³-hybridized carbons (Fsp3) is 0.143. The van der Waals surface area contributed by atoms with Crippen LogP contribution in [0.5, 0.6) is 0 Å². The van der Waals surface area contributed by atoms with E-state index in [0.29, 0.717) is 22.6 Å². The summed E-state index contributed by atoms with van der Waals surface area (Å²) < 4.78 is 40.2. The van der Waals surface area contributed by atoms with Crippen molar-refractivity contribution in [3.8, 4) is 0 Å². The second-order valence-corrected chi connectivity index (χ2v) is 6.54. The summed E-state index contributed by atoms with van der Waals surface area (Å²) in [4.78, 5) is 11.2. The number of guanidine groups is 1. The Kier molecular flexibility index (Phi) is 6.53. The van der Waals surface area contributed by atoms with E-state index in [4.69, 9.17) is 0 Å². The van der Waals surface area contributed by atoms with Gasteiger partial charge >= 0.3 is 0 Å².